The quantitative estimate of drug-likeness (QED) is 0.246. The molecule has 37 heavy (non-hydrogen) atoms. The lowest BCUT2D eigenvalue weighted by atomic mass is 9.69. The fraction of sp³-hybridized carbons (Fsp3) is 0.278. The smallest absolute Gasteiger partial charge is 0.0464 e. The zero-order valence-corrected chi connectivity index (χ0v) is 23.1. The molecule has 1 aromatic heterocycles. The molecule has 0 saturated carbocycles. The molecular weight excluding hydrogens is 446 g/mol. The first-order chi connectivity index (χ1) is 17.7. The Hall–Kier alpha value is -3.58. The number of aromatic nitrogens is 1. The molecule has 0 aliphatic rings. The number of nitrogens with one attached hydrogen (secondary N) is 1. The lowest BCUT2D eigenvalue weighted by Gasteiger charge is -2.34. The van der Waals surface area contributed by atoms with E-state index in [2.05, 4.69) is 150 Å². The topological polar surface area (TPSA) is 15.8 Å². The Balaban J connectivity index is 1.51. The highest BCUT2D eigenvalue weighted by atomic mass is 14.7. The maximum absolute atomic E-state index is 3.72. The average molecular weight is 486 g/mol. The Labute approximate surface area is 222 Å². The van der Waals surface area contributed by atoms with Gasteiger partial charge in [0, 0.05) is 22.5 Å². The SMILES string of the molecule is CCC(C)(C)C(c1ccc(-c2ccccc2)cc1)c1ccc2cc(-c3ccc(C(C)(C)C)cc3)[nH]c2c1. The van der Waals surface area contributed by atoms with Crippen molar-refractivity contribution < 1.29 is 0 Å². The van der Waals surface area contributed by atoms with Crippen LogP contribution in [0.4, 0.5) is 0 Å². The van der Waals surface area contributed by atoms with Crippen molar-refractivity contribution in [2.75, 3.05) is 0 Å². The summed E-state index contributed by atoms with van der Waals surface area (Å²) in [5.74, 6) is 0.310. The summed E-state index contributed by atoms with van der Waals surface area (Å²) >= 11 is 0. The van der Waals surface area contributed by atoms with Crippen LogP contribution >= 0.6 is 0 Å². The van der Waals surface area contributed by atoms with E-state index in [0.717, 1.165) is 6.42 Å². The maximum Gasteiger partial charge on any atom is 0.0464 e. The third-order valence-corrected chi connectivity index (χ3v) is 8.09. The molecule has 0 radical (unpaired) electrons. The molecule has 0 aliphatic carbocycles. The number of hydrogen-bond acceptors (Lipinski definition) is 0. The highest BCUT2D eigenvalue weighted by Gasteiger charge is 2.31. The van der Waals surface area contributed by atoms with E-state index in [1.807, 2.05) is 0 Å². The van der Waals surface area contributed by atoms with Gasteiger partial charge in [0.15, 0.2) is 0 Å². The van der Waals surface area contributed by atoms with Gasteiger partial charge in [-0.1, -0.05) is 139 Å². The average Bonchev–Trinajstić information content (AvgIpc) is 3.33. The summed E-state index contributed by atoms with van der Waals surface area (Å²) < 4.78 is 0. The van der Waals surface area contributed by atoms with Crippen molar-refractivity contribution in [3.63, 3.8) is 0 Å². The third-order valence-electron chi connectivity index (χ3n) is 8.09. The molecule has 1 heterocycles. The summed E-state index contributed by atoms with van der Waals surface area (Å²) in [6, 6.07) is 38.1. The zero-order chi connectivity index (χ0) is 26.2. The molecule has 5 aromatic rings. The van der Waals surface area contributed by atoms with Crippen molar-refractivity contribution in [3.8, 4) is 22.4 Å². The summed E-state index contributed by atoms with van der Waals surface area (Å²) in [5.41, 5.74) is 10.5. The number of H-pyrrole nitrogens is 1. The molecule has 188 valence electrons. The first-order valence-corrected chi connectivity index (χ1v) is 13.5. The van der Waals surface area contributed by atoms with Gasteiger partial charge in [0.1, 0.15) is 0 Å². The molecule has 1 nitrogen and oxygen atoms in total. The zero-order valence-electron chi connectivity index (χ0n) is 23.1. The van der Waals surface area contributed by atoms with Gasteiger partial charge in [0.25, 0.3) is 0 Å². The second-order valence-electron chi connectivity index (χ2n) is 12.1. The molecule has 4 aromatic carbocycles. The number of fused-ring (bicyclic) bond motifs is 1. The standard InChI is InChI=1S/C36H39N/c1-7-36(5,6)34(28-15-13-26(14-16-28)25-11-9-8-10-12-25)30-18-17-29-23-32(37-33(29)24-30)27-19-21-31(22-20-27)35(2,3)4/h8-24,34,37H,7H2,1-6H3. The minimum atomic E-state index is 0.125. The summed E-state index contributed by atoms with van der Waals surface area (Å²) in [5, 5.41) is 1.26. The van der Waals surface area contributed by atoms with Gasteiger partial charge < -0.3 is 4.98 Å². The molecule has 1 unspecified atom stereocenters. The second kappa shape index (κ2) is 9.71. The Morgan fingerprint density at radius 2 is 1.22 bits per heavy atom. The Bertz CT molecular complexity index is 1480. The molecular formula is C36H39N. The highest BCUT2D eigenvalue weighted by Crippen LogP contribution is 2.44. The lowest BCUT2D eigenvalue weighted by Crippen LogP contribution is -2.22. The van der Waals surface area contributed by atoms with Crippen LogP contribution in [0.3, 0.4) is 0 Å². The predicted molar refractivity (Wildman–Crippen MR) is 160 cm³/mol. The van der Waals surface area contributed by atoms with Crippen LogP contribution in [-0.2, 0) is 5.41 Å². The van der Waals surface area contributed by atoms with Crippen molar-refractivity contribution in [3.05, 3.63) is 120 Å². The van der Waals surface area contributed by atoms with Crippen molar-refractivity contribution >= 4 is 10.9 Å². The van der Waals surface area contributed by atoms with E-state index in [9.17, 15) is 0 Å². The number of benzene rings is 4. The molecule has 0 amide bonds. The van der Waals surface area contributed by atoms with Gasteiger partial charge in [0.2, 0.25) is 0 Å². The largest absolute Gasteiger partial charge is 0.355 e. The van der Waals surface area contributed by atoms with Gasteiger partial charge in [-0.2, -0.15) is 0 Å². The van der Waals surface area contributed by atoms with E-state index < -0.39 is 0 Å². The molecule has 1 atom stereocenters. The van der Waals surface area contributed by atoms with E-state index in [0.29, 0.717) is 5.92 Å². The molecule has 5 rings (SSSR count). The van der Waals surface area contributed by atoms with Crippen LogP contribution in [0.2, 0.25) is 0 Å². The molecule has 0 aliphatic heterocycles. The Kier molecular flexibility index (Phi) is 6.58. The summed E-state index contributed by atoms with van der Waals surface area (Å²) in [6.45, 7) is 13.9. The fourth-order valence-electron chi connectivity index (χ4n) is 5.43. The minimum absolute atomic E-state index is 0.125. The van der Waals surface area contributed by atoms with Crippen LogP contribution < -0.4 is 0 Å². The molecule has 0 saturated heterocycles. The Morgan fingerprint density at radius 1 is 0.622 bits per heavy atom. The minimum Gasteiger partial charge on any atom is -0.355 e. The van der Waals surface area contributed by atoms with E-state index >= 15 is 0 Å². The summed E-state index contributed by atoms with van der Waals surface area (Å²) in [7, 11) is 0. The van der Waals surface area contributed by atoms with Crippen molar-refractivity contribution in [2.45, 2.75) is 59.3 Å². The normalized spacial score (nSPS) is 13.1. The van der Waals surface area contributed by atoms with Crippen LogP contribution in [0.1, 0.15) is 70.6 Å². The number of hydrogen-bond donors (Lipinski definition) is 1. The van der Waals surface area contributed by atoms with E-state index in [1.54, 1.807) is 0 Å². The highest BCUT2D eigenvalue weighted by molar-refractivity contribution is 5.86. The van der Waals surface area contributed by atoms with Crippen molar-refractivity contribution in [1.29, 1.82) is 0 Å². The monoisotopic (exact) mass is 485 g/mol. The van der Waals surface area contributed by atoms with Gasteiger partial charge in [0.05, 0.1) is 0 Å². The number of aromatic amines is 1. The van der Waals surface area contributed by atoms with Gasteiger partial charge in [-0.3, -0.25) is 0 Å². The molecule has 0 bridgehead atoms. The van der Waals surface area contributed by atoms with Gasteiger partial charge >= 0.3 is 0 Å². The first kappa shape index (κ1) is 25.1. The predicted octanol–water partition coefficient (Wildman–Crippen LogP) is 10.4. The molecule has 1 N–H and O–H groups in total. The lowest BCUT2D eigenvalue weighted by molar-refractivity contribution is 0.305. The van der Waals surface area contributed by atoms with Crippen LogP contribution in [0.5, 0.6) is 0 Å². The third kappa shape index (κ3) is 5.14. The van der Waals surface area contributed by atoms with E-state index in [1.165, 1.54) is 50.0 Å². The van der Waals surface area contributed by atoms with E-state index in [4.69, 9.17) is 0 Å². The van der Waals surface area contributed by atoms with Crippen LogP contribution in [0, 0.1) is 5.41 Å². The van der Waals surface area contributed by atoms with Gasteiger partial charge in [-0.05, 0) is 56.3 Å². The van der Waals surface area contributed by atoms with Crippen molar-refractivity contribution in [2.24, 2.45) is 5.41 Å². The van der Waals surface area contributed by atoms with Gasteiger partial charge in [-0.25, -0.2) is 0 Å². The van der Waals surface area contributed by atoms with Crippen LogP contribution in [0.25, 0.3) is 33.3 Å². The van der Waals surface area contributed by atoms with Crippen LogP contribution in [0.15, 0.2) is 103 Å². The molecule has 0 spiro atoms. The van der Waals surface area contributed by atoms with E-state index in [-0.39, 0.29) is 10.8 Å². The second-order valence-corrected chi connectivity index (χ2v) is 12.1. The van der Waals surface area contributed by atoms with Crippen molar-refractivity contribution in [1.82, 2.24) is 4.98 Å². The Morgan fingerprint density at radius 3 is 1.84 bits per heavy atom. The molecule has 0 fully saturated rings. The molecule has 1 heteroatoms. The number of rotatable bonds is 6. The summed E-state index contributed by atoms with van der Waals surface area (Å²) in [4.78, 5) is 3.72. The van der Waals surface area contributed by atoms with Gasteiger partial charge in [-0.15, -0.1) is 0 Å². The first-order valence-electron chi connectivity index (χ1n) is 13.5. The summed E-state index contributed by atoms with van der Waals surface area (Å²) in [6.07, 6.45) is 1.10. The maximum atomic E-state index is 3.72. The fourth-order valence-corrected chi connectivity index (χ4v) is 5.43. The van der Waals surface area contributed by atoms with Crippen LogP contribution in [-0.4, -0.2) is 4.98 Å².